The van der Waals surface area contributed by atoms with E-state index in [0.717, 1.165) is 14.9 Å². The van der Waals surface area contributed by atoms with Crippen molar-refractivity contribution in [3.63, 3.8) is 0 Å². The summed E-state index contributed by atoms with van der Waals surface area (Å²) in [6, 6.07) is 20.1. The minimum atomic E-state index is -2.85. The van der Waals surface area contributed by atoms with E-state index in [4.69, 9.17) is 9.16 Å². The number of aromatic nitrogens is 2. The SMILES string of the molecule is CC(C)(C)[Si](OC[C@H]1C[C@H](F)C(n2cc(F)c(=O)[nH]c2=O)O1)(c1ccccc1)c1ccccc1. The predicted octanol–water partition coefficient (Wildman–Crippen LogP) is 2.88. The van der Waals surface area contributed by atoms with Crippen LogP contribution in [0.15, 0.2) is 76.4 Å². The summed E-state index contributed by atoms with van der Waals surface area (Å²) in [6.07, 6.45) is -2.88. The molecule has 2 heterocycles. The molecule has 4 rings (SSSR count). The van der Waals surface area contributed by atoms with Crippen molar-refractivity contribution in [2.75, 3.05) is 6.61 Å². The number of alkyl halides is 1. The molecule has 1 aliphatic rings. The molecule has 1 aliphatic heterocycles. The third-order valence-corrected chi connectivity index (χ3v) is 11.2. The average Bonchev–Trinajstić information content (AvgIpc) is 3.17. The maximum atomic E-state index is 14.9. The molecule has 2 aromatic carbocycles. The van der Waals surface area contributed by atoms with Crippen molar-refractivity contribution >= 4 is 18.7 Å². The van der Waals surface area contributed by atoms with Crippen LogP contribution < -0.4 is 21.6 Å². The Balaban J connectivity index is 1.65. The van der Waals surface area contributed by atoms with Crippen molar-refractivity contribution in [1.82, 2.24) is 9.55 Å². The van der Waals surface area contributed by atoms with Gasteiger partial charge in [-0.1, -0.05) is 81.4 Å². The highest BCUT2D eigenvalue weighted by molar-refractivity contribution is 6.99. The zero-order valence-electron chi connectivity index (χ0n) is 19.3. The Hall–Kier alpha value is -2.88. The minimum absolute atomic E-state index is 0.0178. The Morgan fingerprint density at radius 2 is 1.62 bits per heavy atom. The van der Waals surface area contributed by atoms with Gasteiger partial charge < -0.3 is 9.16 Å². The van der Waals surface area contributed by atoms with Crippen molar-refractivity contribution in [3.05, 3.63) is 93.5 Å². The fourth-order valence-corrected chi connectivity index (χ4v) is 9.27. The summed E-state index contributed by atoms with van der Waals surface area (Å²) in [6.45, 7) is 6.51. The summed E-state index contributed by atoms with van der Waals surface area (Å²) < 4.78 is 42.0. The molecule has 3 aromatic rings. The molecular formula is C25H28F2N2O4Si. The van der Waals surface area contributed by atoms with E-state index in [1.165, 1.54) is 0 Å². The number of ether oxygens (including phenoxy) is 1. The average molecular weight is 487 g/mol. The van der Waals surface area contributed by atoms with E-state index in [2.05, 4.69) is 45.0 Å². The molecule has 34 heavy (non-hydrogen) atoms. The van der Waals surface area contributed by atoms with Crippen molar-refractivity contribution in [2.45, 2.75) is 50.7 Å². The van der Waals surface area contributed by atoms with E-state index in [-0.39, 0.29) is 18.1 Å². The van der Waals surface area contributed by atoms with Gasteiger partial charge in [0.05, 0.1) is 18.9 Å². The molecule has 1 fully saturated rings. The molecule has 6 nitrogen and oxygen atoms in total. The van der Waals surface area contributed by atoms with Gasteiger partial charge in [0.1, 0.15) is 6.17 Å². The Kier molecular flexibility index (Phi) is 6.70. The Bertz CT molecular complexity index is 1200. The molecule has 180 valence electrons. The number of H-pyrrole nitrogens is 1. The lowest BCUT2D eigenvalue weighted by Crippen LogP contribution is -2.67. The Labute approximate surface area is 197 Å². The molecule has 9 heteroatoms. The van der Waals surface area contributed by atoms with Crippen LogP contribution >= 0.6 is 0 Å². The molecule has 0 bridgehead atoms. The second-order valence-electron chi connectivity index (χ2n) is 9.52. The van der Waals surface area contributed by atoms with Gasteiger partial charge in [-0.25, -0.2) is 9.18 Å². The van der Waals surface area contributed by atoms with Gasteiger partial charge in [0, 0.05) is 6.42 Å². The van der Waals surface area contributed by atoms with Crippen LogP contribution in [0, 0.1) is 5.82 Å². The number of hydrogen-bond donors (Lipinski definition) is 1. The Morgan fingerprint density at radius 3 is 2.15 bits per heavy atom. The van der Waals surface area contributed by atoms with E-state index in [9.17, 15) is 18.4 Å². The quantitative estimate of drug-likeness (QED) is 0.544. The van der Waals surface area contributed by atoms with E-state index < -0.39 is 43.9 Å². The van der Waals surface area contributed by atoms with Gasteiger partial charge in [-0.3, -0.25) is 14.3 Å². The lowest BCUT2D eigenvalue weighted by molar-refractivity contribution is -0.0375. The summed E-state index contributed by atoms with van der Waals surface area (Å²) in [5.41, 5.74) is -2.08. The summed E-state index contributed by atoms with van der Waals surface area (Å²) in [7, 11) is -2.85. The second-order valence-corrected chi connectivity index (χ2v) is 13.8. The molecule has 0 spiro atoms. The van der Waals surface area contributed by atoms with Crippen LogP contribution in [0.5, 0.6) is 0 Å². The maximum absolute atomic E-state index is 14.9. The zero-order chi connectivity index (χ0) is 24.5. The largest absolute Gasteiger partial charge is 0.405 e. The van der Waals surface area contributed by atoms with Gasteiger partial charge in [-0.2, -0.15) is 4.39 Å². The van der Waals surface area contributed by atoms with E-state index in [1.54, 1.807) is 0 Å². The molecule has 1 N–H and O–H groups in total. The fourth-order valence-electron chi connectivity index (χ4n) is 4.68. The lowest BCUT2D eigenvalue weighted by Gasteiger charge is -2.43. The molecule has 0 amide bonds. The topological polar surface area (TPSA) is 73.3 Å². The van der Waals surface area contributed by atoms with Crippen molar-refractivity contribution < 1.29 is 17.9 Å². The highest BCUT2D eigenvalue weighted by Gasteiger charge is 2.51. The second kappa shape index (κ2) is 9.40. The van der Waals surface area contributed by atoms with Crippen LogP contribution in [0.25, 0.3) is 0 Å². The molecule has 0 aliphatic carbocycles. The first-order valence-corrected chi connectivity index (χ1v) is 13.1. The molecule has 0 radical (unpaired) electrons. The molecule has 3 atom stereocenters. The number of halogens is 2. The summed E-state index contributed by atoms with van der Waals surface area (Å²) >= 11 is 0. The predicted molar refractivity (Wildman–Crippen MR) is 128 cm³/mol. The third kappa shape index (κ3) is 4.43. The third-order valence-electron chi connectivity index (χ3n) is 6.23. The number of hydrogen-bond acceptors (Lipinski definition) is 4. The summed E-state index contributed by atoms with van der Waals surface area (Å²) in [5.74, 6) is -1.18. The van der Waals surface area contributed by atoms with Crippen LogP contribution in [0.4, 0.5) is 8.78 Å². The number of aromatic amines is 1. The number of rotatable bonds is 6. The van der Waals surface area contributed by atoms with Gasteiger partial charge in [0.15, 0.2) is 6.23 Å². The van der Waals surface area contributed by atoms with Crippen LogP contribution in [0.1, 0.15) is 33.4 Å². The first-order valence-electron chi connectivity index (χ1n) is 11.2. The van der Waals surface area contributed by atoms with Crippen LogP contribution in [0.3, 0.4) is 0 Å². The molecular weight excluding hydrogens is 458 g/mol. The van der Waals surface area contributed by atoms with Crippen molar-refractivity contribution in [2.24, 2.45) is 0 Å². The molecule has 0 saturated carbocycles. The standard InChI is InChI=1S/C25H28F2N2O4Si/c1-25(2,3)34(18-10-6-4-7-11-18,19-12-8-5-9-13-19)32-16-17-14-20(26)23(33-17)29-15-21(27)22(30)28-24(29)31/h4-13,15,17,20,23H,14,16H2,1-3H3,(H,28,30,31)/t17-,20+,23?/m1/s1. The summed E-state index contributed by atoms with van der Waals surface area (Å²) in [5, 5.41) is 1.90. The first-order chi connectivity index (χ1) is 16.1. The number of nitrogens with one attached hydrogen (secondary N) is 1. The molecule has 1 saturated heterocycles. The fraction of sp³-hybridized carbons (Fsp3) is 0.360. The molecule has 1 unspecified atom stereocenters. The first kappa shape index (κ1) is 24.2. The van der Waals surface area contributed by atoms with Crippen LogP contribution in [0.2, 0.25) is 5.04 Å². The lowest BCUT2D eigenvalue weighted by atomic mass is 10.2. The minimum Gasteiger partial charge on any atom is -0.405 e. The van der Waals surface area contributed by atoms with Gasteiger partial charge in [-0.05, 0) is 15.4 Å². The van der Waals surface area contributed by atoms with E-state index in [1.807, 2.05) is 41.4 Å². The van der Waals surface area contributed by atoms with Crippen molar-refractivity contribution in [1.29, 1.82) is 0 Å². The number of nitrogens with zero attached hydrogens (tertiary/aromatic N) is 1. The normalized spacial score (nSPS) is 21.0. The Morgan fingerprint density at radius 1 is 1.06 bits per heavy atom. The summed E-state index contributed by atoms with van der Waals surface area (Å²) in [4.78, 5) is 25.3. The van der Waals surface area contributed by atoms with Crippen molar-refractivity contribution in [3.8, 4) is 0 Å². The van der Waals surface area contributed by atoms with E-state index in [0.29, 0.717) is 6.20 Å². The molecule has 1 aromatic heterocycles. The van der Waals surface area contributed by atoms with Gasteiger partial charge in [0.25, 0.3) is 13.9 Å². The highest BCUT2D eigenvalue weighted by atomic mass is 28.4. The monoisotopic (exact) mass is 486 g/mol. The van der Waals surface area contributed by atoms with Crippen LogP contribution in [-0.2, 0) is 9.16 Å². The smallest absolute Gasteiger partial charge is 0.330 e. The van der Waals surface area contributed by atoms with Gasteiger partial charge in [-0.15, -0.1) is 0 Å². The van der Waals surface area contributed by atoms with Gasteiger partial charge >= 0.3 is 5.69 Å². The highest BCUT2D eigenvalue weighted by Crippen LogP contribution is 2.38. The van der Waals surface area contributed by atoms with E-state index >= 15 is 0 Å². The van der Waals surface area contributed by atoms with Crippen LogP contribution in [-0.4, -0.2) is 36.8 Å². The van der Waals surface area contributed by atoms with Gasteiger partial charge in [0.2, 0.25) is 5.82 Å². The maximum Gasteiger partial charge on any atom is 0.330 e. The number of benzene rings is 2. The zero-order valence-corrected chi connectivity index (χ0v) is 20.3.